The number of nitrogens with one attached hydrogen (secondary N) is 1. The summed E-state index contributed by atoms with van der Waals surface area (Å²) in [7, 11) is 0. The van der Waals surface area contributed by atoms with Crippen molar-refractivity contribution in [1.82, 2.24) is 10.3 Å². The number of carbonyl (C=O) groups is 1. The Morgan fingerprint density at radius 3 is 2.84 bits per heavy atom. The first-order chi connectivity index (χ1) is 8.58. The highest BCUT2D eigenvalue weighted by Gasteiger charge is 2.17. The van der Waals surface area contributed by atoms with Gasteiger partial charge in [0.25, 0.3) is 0 Å². The van der Waals surface area contributed by atoms with Gasteiger partial charge < -0.3 is 11.1 Å². The predicted molar refractivity (Wildman–Crippen MR) is 86.3 cm³/mol. The van der Waals surface area contributed by atoms with Gasteiger partial charge >= 0.3 is 0 Å². The Bertz CT molecular complexity index is 387. The van der Waals surface area contributed by atoms with Crippen molar-refractivity contribution in [2.75, 3.05) is 12.0 Å². The summed E-state index contributed by atoms with van der Waals surface area (Å²) >= 11 is 3.33. The standard InChI is InChI=1S/C12H21N3OS2.ClH/c1-4-11-15-10(7-18-11)8(2)14-12(16)9(13)5-6-17-3;/h7-9H,4-6,13H2,1-3H3,(H,14,16);1H/t8?,9-;/m0./s1. The summed E-state index contributed by atoms with van der Waals surface area (Å²) in [5, 5.41) is 6.01. The Labute approximate surface area is 129 Å². The van der Waals surface area contributed by atoms with Gasteiger partial charge in [-0.1, -0.05) is 6.92 Å². The van der Waals surface area contributed by atoms with Gasteiger partial charge in [0.2, 0.25) is 5.91 Å². The molecule has 0 fully saturated rings. The van der Waals surface area contributed by atoms with E-state index >= 15 is 0 Å². The van der Waals surface area contributed by atoms with Gasteiger partial charge in [0.15, 0.2) is 0 Å². The molecule has 4 nitrogen and oxygen atoms in total. The summed E-state index contributed by atoms with van der Waals surface area (Å²) in [4.78, 5) is 16.3. The molecule has 3 N–H and O–H groups in total. The van der Waals surface area contributed by atoms with Crippen LogP contribution in [0.5, 0.6) is 0 Å². The summed E-state index contributed by atoms with van der Waals surface area (Å²) in [5.74, 6) is 0.808. The maximum Gasteiger partial charge on any atom is 0.237 e. The van der Waals surface area contributed by atoms with Crippen LogP contribution in [0.15, 0.2) is 5.38 Å². The van der Waals surface area contributed by atoms with E-state index < -0.39 is 6.04 Å². The first-order valence-electron chi connectivity index (χ1n) is 6.07. The van der Waals surface area contributed by atoms with Crippen LogP contribution in [-0.2, 0) is 11.2 Å². The van der Waals surface area contributed by atoms with Gasteiger partial charge in [0, 0.05) is 5.38 Å². The summed E-state index contributed by atoms with van der Waals surface area (Å²) in [6.45, 7) is 4.01. The molecule has 0 saturated carbocycles. The molecule has 1 heterocycles. The number of nitrogens with zero attached hydrogens (tertiary/aromatic N) is 1. The molecule has 0 aromatic carbocycles. The number of rotatable bonds is 7. The molecule has 0 spiro atoms. The molecule has 0 bridgehead atoms. The second-order valence-electron chi connectivity index (χ2n) is 4.14. The Morgan fingerprint density at radius 1 is 1.63 bits per heavy atom. The van der Waals surface area contributed by atoms with Crippen LogP contribution in [-0.4, -0.2) is 28.9 Å². The van der Waals surface area contributed by atoms with Crippen LogP contribution in [0.2, 0.25) is 0 Å². The van der Waals surface area contributed by atoms with Gasteiger partial charge in [-0.3, -0.25) is 4.79 Å². The third kappa shape index (κ3) is 6.12. The first kappa shape index (κ1) is 18.7. The van der Waals surface area contributed by atoms with Gasteiger partial charge in [-0.25, -0.2) is 4.98 Å². The fourth-order valence-electron chi connectivity index (χ4n) is 1.46. The second kappa shape index (κ2) is 9.58. The van der Waals surface area contributed by atoms with E-state index in [4.69, 9.17) is 5.73 Å². The van der Waals surface area contributed by atoms with Crippen molar-refractivity contribution in [2.24, 2.45) is 5.73 Å². The second-order valence-corrected chi connectivity index (χ2v) is 6.07. The van der Waals surface area contributed by atoms with Gasteiger partial charge in [0.1, 0.15) is 0 Å². The van der Waals surface area contributed by atoms with Crippen molar-refractivity contribution in [1.29, 1.82) is 0 Å². The lowest BCUT2D eigenvalue weighted by atomic mass is 10.2. The number of aromatic nitrogens is 1. The normalized spacial score (nSPS) is 13.5. The molecule has 110 valence electrons. The van der Waals surface area contributed by atoms with Gasteiger partial charge in [-0.05, 0) is 31.8 Å². The molecule has 19 heavy (non-hydrogen) atoms. The van der Waals surface area contributed by atoms with Crippen molar-refractivity contribution >= 4 is 41.4 Å². The molecule has 1 aromatic rings. The molecule has 7 heteroatoms. The van der Waals surface area contributed by atoms with E-state index in [1.165, 1.54) is 0 Å². The quantitative estimate of drug-likeness (QED) is 0.808. The van der Waals surface area contributed by atoms with Crippen LogP contribution >= 0.6 is 35.5 Å². The third-order valence-corrected chi connectivity index (χ3v) is 4.30. The predicted octanol–water partition coefficient (Wildman–Crippen LogP) is 2.38. The zero-order valence-corrected chi connectivity index (χ0v) is 14.0. The molecule has 0 aliphatic rings. The van der Waals surface area contributed by atoms with Gasteiger partial charge in [-0.15, -0.1) is 23.7 Å². The average Bonchev–Trinajstić information content (AvgIpc) is 2.84. The van der Waals surface area contributed by atoms with Crippen molar-refractivity contribution in [3.8, 4) is 0 Å². The number of amides is 1. The summed E-state index contributed by atoms with van der Waals surface area (Å²) in [6, 6.07) is -0.501. The Balaban J connectivity index is 0.00000324. The molecule has 0 saturated heterocycles. The minimum atomic E-state index is -0.427. The van der Waals surface area contributed by atoms with Crippen molar-refractivity contribution in [2.45, 2.75) is 38.8 Å². The minimum Gasteiger partial charge on any atom is -0.347 e. The number of nitrogens with two attached hydrogens (primary N) is 1. The van der Waals surface area contributed by atoms with Crippen LogP contribution in [0, 0.1) is 0 Å². The van der Waals surface area contributed by atoms with Gasteiger partial charge in [-0.2, -0.15) is 11.8 Å². The largest absolute Gasteiger partial charge is 0.347 e. The SMILES string of the molecule is CCc1nc(C(C)NC(=O)[C@@H](N)CCSC)cs1.Cl. The number of halogens is 1. The molecular formula is C12H22ClN3OS2. The van der Waals surface area contributed by atoms with E-state index in [-0.39, 0.29) is 24.4 Å². The molecule has 1 aromatic heterocycles. The van der Waals surface area contributed by atoms with Crippen LogP contribution in [0.1, 0.15) is 37.0 Å². The van der Waals surface area contributed by atoms with Crippen LogP contribution < -0.4 is 11.1 Å². The van der Waals surface area contributed by atoms with E-state index in [9.17, 15) is 4.79 Å². The highest BCUT2D eigenvalue weighted by atomic mass is 35.5. The summed E-state index contributed by atoms with van der Waals surface area (Å²) < 4.78 is 0. The van der Waals surface area contributed by atoms with E-state index in [1.54, 1.807) is 23.1 Å². The molecule has 1 amide bonds. The summed E-state index contributed by atoms with van der Waals surface area (Å²) in [5.41, 5.74) is 6.74. The van der Waals surface area contributed by atoms with Crippen LogP contribution in [0.25, 0.3) is 0 Å². The monoisotopic (exact) mass is 323 g/mol. The third-order valence-electron chi connectivity index (χ3n) is 2.64. The molecule has 2 atom stereocenters. The lowest BCUT2D eigenvalue weighted by molar-refractivity contribution is -0.123. The average molecular weight is 324 g/mol. The highest BCUT2D eigenvalue weighted by Crippen LogP contribution is 2.17. The Morgan fingerprint density at radius 2 is 2.32 bits per heavy atom. The van der Waals surface area contributed by atoms with Gasteiger partial charge in [0.05, 0.1) is 22.8 Å². The molecule has 0 radical (unpaired) electrons. The number of hydrogen-bond donors (Lipinski definition) is 2. The topological polar surface area (TPSA) is 68.0 Å². The number of thioether (sulfide) groups is 1. The molecule has 0 aliphatic heterocycles. The number of carbonyl (C=O) groups excluding carboxylic acids is 1. The lowest BCUT2D eigenvalue weighted by Crippen LogP contribution is -2.42. The van der Waals surface area contributed by atoms with E-state index in [0.29, 0.717) is 6.42 Å². The van der Waals surface area contributed by atoms with Crippen molar-refractivity contribution < 1.29 is 4.79 Å². The maximum absolute atomic E-state index is 11.8. The summed E-state index contributed by atoms with van der Waals surface area (Å²) in [6.07, 6.45) is 3.64. The first-order valence-corrected chi connectivity index (χ1v) is 8.35. The molecular weight excluding hydrogens is 302 g/mol. The zero-order chi connectivity index (χ0) is 13.5. The van der Waals surface area contributed by atoms with Crippen LogP contribution in [0.3, 0.4) is 0 Å². The van der Waals surface area contributed by atoms with E-state index in [1.807, 2.05) is 18.6 Å². The number of hydrogen-bond acceptors (Lipinski definition) is 5. The van der Waals surface area contributed by atoms with Crippen LogP contribution in [0.4, 0.5) is 0 Å². The zero-order valence-electron chi connectivity index (χ0n) is 11.5. The fraction of sp³-hybridized carbons (Fsp3) is 0.667. The Kier molecular flexibility index (Phi) is 9.43. The molecule has 1 rings (SSSR count). The highest BCUT2D eigenvalue weighted by molar-refractivity contribution is 7.98. The smallest absolute Gasteiger partial charge is 0.237 e. The molecule has 1 unspecified atom stereocenters. The molecule has 0 aliphatic carbocycles. The number of thiazole rings is 1. The minimum absolute atomic E-state index is 0. The number of aryl methyl sites for hydroxylation is 1. The fourth-order valence-corrected chi connectivity index (χ4v) is 2.78. The van der Waals surface area contributed by atoms with Crippen molar-refractivity contribution in [3.05, 3.63) is 16.1 Å². The lowest BCUT2D eigenvalue weighted by Gasteiger charge is -2.15. The maximum atomic E-state index is 11.8. The van der Waals surface area contributed by atoms with Crippen molar-refractivity contribution in [3.63, 3.8) is 0 Å². The Hall–Kier alpha value is -0.300. The van der Waals surface area contributed by atoms with E-state index in [2.05, 4.69) is 17.2 Å². The van der Waals surface area contributed by atoms with E-state index in [0.717, 1.165) is 22.9 Å².